The summed E-state index contributed by atoms with van der Waals surface area (Å²) in [6.07, 6.45) is 4.59. The average molecular weight is 419 g/mol. The molecule has 0 unspecified atom stereocenters. The number of aromatic nitrogens is 2. The van der Waals surface area contributed by atoms with E-state index in [0.29, 0.717) is 0 Å². The number of imidazole rings is 1. The molecule has 2 aromatic heterocycles. The number of nitrogens with zero attached hydrogens (tertiary/aromatic N) is 2. The van der Waals surface area contributed by atoms with Gasteiger partial charge in [0.2, 0.25) is 0 Å². The second-order valence-electron chi connectivity index (χ2n) is 6.04. The molecule has 2 aromatic carbocycles. The van der Waals surface area contributed by atoms with Crippen LogP contribution in [0.25, 0.3) is 34.1 Å². The lowest BCUT2D eigenvalue weighted by molar-refractivity contribution is -0.131. The number of fused-ring (bicyclic) bond motifs is 1. The molecule has 0 saturated carbocycles. The Balaban J connectivity index is 1.83. The highest BCUT2D eigenvalue weighted by atomic mass is 79.9. The molecule has 0 radical (unpaired) electrons. The summed E-state index contributed by atoms with van der Waals surface area (Å²) in [6, 6.07) is 22.1. The number of pyridine rings is 1. The van der Waals surface area contributed by atoms with Gasteiger partial charge in [0.05, 0.1) is 11.4 Å². The van der Waals surface area contributed by atoms with E-state index in [0.717, 1.165) is 44.3 Å². The average Bonchev–Trinajstić information content (AvgIpc) is 3.05. The second-order valence-corrected chi connectivity index (χ2v) is 6.95. The monoisotopic (exact) mass is 418 g/mol. The Hall–Kier alpha value is -3.18. The van der Waals surface area contributed by atoms with Gasteiger partial charge in [-0.2, -0.15) is 0 Å². The number of carboxylic acid groups (broad SMARTS) is 1. The number of benzene rings is 2. The number of rotatable bonds is 4. The highest BCUT2D eigenvalue weighted by Crippen LogP contribution is 2.29. The maximum atomic E-state index is 11.0. The van der Waals surface area contributed by atoms with Crippen LogP contribution in [0.5, 0.6) is 0 Å². The van der Waals surface area contributed by atoms with Crippen LogP contribution in [0.1, 0.15) is 5.69 Å². The molecule has 0 aliphatic rings. The van der Waals surface area contributed by atoms with Gasteiger partial charge in [-0.25, -0.2) is 9.78 Å². The molecule has 0 spiro atoms. The Morgan fingerprint density at radius 1 is 0.926 bits per heavy atom. The first kappa shape index (κ1) is 17.2. The summed E-state index contributed by atoms with van der Waals surface area (Å²) in [4.78, 5) is 15.7. The summed E-state index contributed by atoms with van der Waals surface area (Å²) >= 11 is 3.46. The van der Waals surface area contributed by atoms with Crippen molar-refractivity contribution < 1.29 is 9.90 Å². The Kier molecular flexibility index (Phi) is 4.60. The van der Waals surface area contributed by atoms with Crippen molar-refractivity contribution in [2.45, 2.75) is 0 Å². The first-order chi connectivity index (χ1) is 13.1. The molecule has 4 aromatic rings. The summed E-state index contributed by atoms with van der Waals surface area (Å²) in [6.45, 7) is 0. The largest absolute Gasteiger partial charge is 0.478 e. The van der Waals surface area contributed by atoms with E-state index in [4.69, 9.17) is 10.1 Å². The van der Waals surface area contributed by atoms with Gasteiger partial charge in [0, 0.05) is 22.3 Å². The molecular weight excluding hydrogens is 404 g/mol. The summed E-state index contributed by atoms with van der Waals surface area (Å²) in [5.74, 6) is -0.995. The molecule has 4 rings (SSSR count). The van der Waals surface area contributed by atoms with E-state index < -0.39 is 5.97 Å². The molecule has 0 aliphatic carbocycles. The maximum Gasteiger partial charge on any atom is 0.328 e. The molecule has 2 heterocycles. The van der Waals surface area contributed by atoms with Gasteiger partial charge in [0.15, 0.2) is 0 Å². The van der Waals surface area contributed by atoms with Gasteiger partial charge < -0.3 is 5.11 Å². The van der Waals surface area contributed by atoms with Crippen molar-refractivity contribution in [3.05, 3.63) is 89.2 Å². The minimum absolute atomic E-state index is 0.723. The summed E-state index contributed by atoms with van der Waals surface area (Å²) in [7, 11) is 0. The predicted molar refractivity (Wildman–Crippen MR) is 110 cm³/mol. The number of hydrogen-bond donors (Lipinski definition) is 1. The lowest BCUT2D eigenvalue weighted by Crippen LogP contribution is -1.91. The van der Waals surface area contributed by atoms with Crippen LogP contribution in [0.4, 0.5) is 0 Å². The quantitative estimate of drug-likeness (QED) is 0.443. The topological polar surface area (TPSA) is 54.6 Å². The van der Waals surface area contributed by atoms with E-state index in [-0.39, 0.29) is 0 Å². The molecule has 5 heteroatoms. The minimum Gasteiger partial charge on any atom is -0.478 e. The number of aliphatic carboxylic acids is 1. The van der Waals surface area contributed by atoms with E-state index in [1.807, 2.05) is 53.1 Å². The van der Waals surface area contributed by atoms with Crippen LogP contribution in [0.3, 0.4) is 0 Å². The number of hydrogen-bond acceptors (Lipinski definition) is 2. The zero-order valence-electron chi connectivity index (χ0n) is 14.2. The van der Waals surface area contributed by atoms with Crippen molar-refractivity contribution in [1.29, 1.82) is 0 Å². The molecule has 0 bridgehead atoms. The Bertz CT molecular complexity index is 1150. The van der Waals surface area contributed by atoms with Crippen LogP contribution in [0.2, 0.25) is 0 Å². The smallest absolute Gasteiger partial charge is 0.328 e. The molecule has 0 aliphatic heterocycles. The molecule has 4 nitrogen and oxygen atoms in total. The number of halogens is 1. The van der Waals surface area contributed by atoms with Gasteiger partial charge in [0.25, 0.3) is 0 Å². The highest BCUT2D eigenvalue weighted by Gasteiger charge is 2.13. The molecule has 0 saturated heterocycles. The van der Waals surface area contributed by atoms with Crippen molar-refractivity contribution in [2.75, 3.05) is 0 Å². The fourth-order valence-corrected chi connectivity index (χ4v) is 3.35. The Morgan fingerprint density at radius 3 is 2.30 bits per heavy atom. The van der Waals surface area contributed by atoms with Gasteiger partial charge >= 0.3 is 5.97 Å². The van der Waals surface area contributed by atoms with Crippen molar-refractivity contribution >= 4 is 33.6 Å². The standard InChI is InChI=1S/C22H15BrN2O2/c23-18-10-12-20-24-22(19(25(20)14-18)11-13-21(26)27)17-8-6-16(7-9-17)15-4-2-1-3-5-15/h1-14H,(H,26,27). The Morgan fingerprint density at radius 2 is 1.59 bits per heavy atom. The van der Waals surface area contributed by atoms with Crippen LogP contribution >= 0.6 is 15.9 Å². The highest BCUT2D eigenvalue weighted by molar-refractivity contribution is 9.10. The summed E-state index contributed by atoms with van der Waals surface area (Å²) in [5.41, 5.74) is 5.42. The van der Waals surface area contributed by atoms with Gasteiger partial charge in [-0.1, -0.05) is 54.6 Å². The van der Waals surface area contributed by atoms with Gasteiger partial charge in [-0.3, -0.25) is 4.40 Å². The van der Waals surface area contributed by atoms with Gasteiger partial charge in [-0.15, -0.1) is 0 Å². The van der Waals surface area contributed by atoms with E-state index in [1.165, 1.54) is 0 Å². The zero-order valence-corrected chi connectivity index (χ0v) is 15.8. The zero-order chi connectivity index (χ0) is 18.8. The van der Waals surface area contributed by atoms with Crippen LogP contribution in [0, 0.1) is 0 Å². The van der Waals surface area contributed by atoms with Crippen molar-refractivity contribution in [1.82, 2.24) is 9.38 Å². The van der Waals surface area contributed by atoms with Crippen molar-refractivity contribution in [3.8, 4) is 22.4 Å². The lowest BCUT2D eigenvalue weighted by Gasteiger charge is -2.04. The van der Waals surface area contributed by atoms with E-state index in [1.54, 1.807) is 6.08 Å². The fraction of sp³-hybridized carbons (Fsp3) is 0. The minimum atomic E-state index is -0.995. The summed E-state index contributed by atoms with van der Waals surface area (Å²) < 4.78 is 2.77. The van der Waals surface area contributed by atoms with E-state index in [2.05, 4.69) is 40.2 Å². The Labute approximate surface area is 164 Å². The molecule has 1 N–H and O–H groups in total. The maximum absolute atomic E-state index is 11.0. The third kappa shape index (κ3) is 3.55. The van der Waals surface area contributed by atoms with E-state index >= 15 is 0 Å². The second kappa shape index (κ2) is 7.21. The molecule has 0 fully saturated rings. The molecule has 27 heavy (non-hydrogen) atoms. The molecular formula is C22H15BrN2O2. The van der Waals surface area contributed by atoms with Crippen LogP contribution in [-0.4, -0.2) is 20.5 Å². The normalized spacial score (nSPS) is 11.3. The first-order valence-corrected chi connectivity index (χ1v) is 9.15. The lowest BCUT2D eigenvalue weighted by atomic mass is 10.0. The molecule has 132 valence electrons. The van der Waals surface area contributed by atoms with Crippen LogP contribution < -0.4 is 0 Å². The summed E-state index contributed by atoms with van der Waals surface area (Å²) in [5, 5.41) is 9.04. The third-order valence-electron chi connectivity index (χ3n) is 4.27. The van der Waals surface area contributed by atoms with Crippen molar-refractivity contribution in [2.24, 2.45) is 0 Å². The molecule has 0 amide bonds. The van der Waals surface area contributed by atoms with Crippen molar-refractivity contribution in [3.63, 3.8) is 0 Å². The first-order valence-electron chi connectivity index (χ1n) is 8.36. The SMILES string of the molecule is O=C(O)C=Cc1c(-c2ccc(-c3ccccc3)cc2)nc2ccc(Br)cn12. The van der Waals surface area contributed by atoms with E-state index in [9.17, 15) is 4.79 Å². The number of carboxylic acids is 1. The predicted octanol–water partition coefficient (Wildman–Crippen LogP) is 5.53. The van der Waals surface area contributed by atoms with Gasteiger partial charge in [0.1, 0.15) is 5.65 Å². The van der Waals surface area contributed by atoms with Crippen LogP contribution in [-0.2, 0) is 4.79 Å². The fourth-order valence-electron chi connectivity index (χ4n) is 3.01. The van der Waals surface area contributed by atoms with Gasteiger partial charge in [-0.05, 0) is 45.3 Å². The van der Waals surface area contributed by atoms with Crippen LogP contribution in [0.15, 0.2) is 83.5 Å². The third-order valence-corrected chi connectivity index (χ3v) is 4.74. The number of carbonyl (C=O) groups is 1. The molecule has 0 atom stereocenters.